The van der Waals surface area contributed by atoms with Crippen LogP contribution in [0.3, 0.4) is 0 Å². The first-order valence-electron chi connectivity index (χ1n) is 6.33. The fourth-order valence-corrected chi connectivity index (χ4v) is 1.69. The largest absolute Gasteiger partial charge is 0.397 e. The van der Waals surface area contributed by atoms with E-state index in [2.05, 4.69) is 5.32 Å². The number of aliphatic hydroxyl groups is 1. The van der Waals surface area contributed by atoms with E-state index in [9.17, 15) is 9.90 Å². The number of aliphatic hydroxyl groups excluding tert-OH is 1. The van der Waals surface area contributed by atoms with Crippen molar-refractivity contribution in [3.05, 3.63) is 23.8 Å². The Morgan fingerprint density at radius 2 is 2.11 bits per heavy atom. The standard InChI is InChI=1S/C14H23N3O2/c1-5-14(2,9-18)16-13(19)10-6-7-12(17(3)4)11(15)8-10/h6-8,18H,5,9,15H2,1-4H3,(H,16,19). The van der Waals surface area contributed by atoms with Crippen LogP contribution < -0.4 is 16.0 Å². The van der Waals surface area contributed by atoms with Gasteiger partial charge in [0.2, 0.25) is 0 Å². The van der Waals surface area contributed by atoms with Gasteiger partial charge in [-0.25, -0.2) is 0 Å². The first kappa shape index (κ1) is 15.3. The Morgan fingerprint density at radius 1 is 1.47 bits per heavy atom. The van der Waals surface area contributed by atoms with E-state index in [0.717, 1.165) is 5.69 Å². The van der Waals surface area contributed by atoms with Crippen molar-refractivity contribution in [2.24, 2.45) is 0 Å². The summed E-state index contributed by atoms with van der Waals surface area (Å²) in [6.45, 7) is 3.63. The second-order valence-electron chi connectivity index (χ2n) is 5.19. The van der Waals surface area contributed by atoms with Crippen molar-refractivity contribution in [1.82, 2.24) is 5.32 Å². The lowest BCUT2D eigenvalue weighted by molar-refractivity contribution is 0.0847. The van der Waals surface area contributed by atoms with Crippen LogP contribution in [0.2, 0.25) is 0 Å². The van der Waals surface area contributed by atoms with E-state index in [-0.39, 0.29) is 12.5 Å². The molecule has 0 aliphatic heterocycles. The molecule has 0 radical (unpaired) electrons. The minimum atomic E-state index is -0.605. The zero-order chi connectivity index (χ0) is 14.6. The maximum atomic E-state index is 12.1. The highest BCUT2D eigenvalue weighted by Crippen LogP contribution is 2.22. The number of nitrogens with one attached hydrogen (secondary N) is 1. The number of anilines is 2. The normalized spacial score (nSPS) is 13.7. The molecule has 5 nitrogen and oxygen atoms in total. The molecule has 0 aliphatic rings. The lowest BCUT2D eigenvalue weighted by Crippen LogP contribution is -2.48. The maximum absolute atomic E-state index is 12.1. The summed E-state index contributed by atoms with van der Waals surface area (Å²) >= 11 is 0. The molecular formula is C14H23N3O2. The van der Waals surface area contributed by atoms with Crippen molar-refractivity contribution in [1.29, 1.82) is 0 Å². The Bertz CT molecular complexity index is 454. The lowest BCUT2D eigenvalue weighted by atomic mass is 9.99. The van der Waals surface area contributed by atoms with Gasteiger partial charge in [-0.15, -0.1) is 0 Å². The van der Waals surface area contributed by atoms with Crippen LogP contribution in [-0.4, -0.2) is 37.3 Å². The van der Waals surface area contributed by atoms with Gasteiger partial charge in [0, 0.05) is 19.7 Å². The minimum Gasteiger partial charge on any atom is -0.397 e. The van der Waals surface area contributed by atoms with Crippen molar-refractivity contribution < 1.29 is 9.90 Å². The lowest BCUT2D eigenvalue weighted by Gasteiger charge is -2.27. The van der Waals surface area contributed by atoms with Crippen LogP contribution >= 0.6 is 0 Å². The van der Waals surface area contributed by atoms with Crippen molar-refractivity contribution in [2.75, 3.05) is 31.3 Å². The van der Waals surface area contributed by atoms with Gasteiger partial charge in [-0.2, -0.15) is 0 Å². The number of benzene rings is 1. The quantitative estimate of drug-likeness (QED) is 0.700. The molecule has 5 heteroatoms. The van der Waals surface area contributed by atoms with Gasteiger partial charge >= 0.3 is 0 Å². The first-order valence-corrected chi connectivity index (χ1v) is 6.33. The molecule has 1 rings (SSSR count). The number of hydrogen-bond donors (Lipinski definition) is 3. The summed E-state index contributed by atoms with van der Waals surface area (Å²) in [7, 11) is 3.79. The van der Waals surface area contributed by atoms with E-state index in [4.69, 9.17) is 5.73 Å². The third-order valence-corrected chi connectivity index (χ3v) is 3.32. The van der Waals surface area contributed by atoms with Crippen LogP contribution in [0.1, 0.15) is 30.6 Å². The number of amides is 1. The summed E-state index contributed by atoms with van der Waals surface area (Å²) in [5.74, 6) is -0.226. The van der Waals surface area contributed by atoms with Crippen molar-refractivity contribution in [3.63, 3.8) is 0 Å². The molecule has 0 aromatic heterocycles. The summed E-state index contributed by atoms with van der Waals surface area (Å²) < 4.78 is 0. The van der Waals surface area contributed by atoms with Crippen LogP contribution in [0.25, 0.3) is 0 Å². The molecule has 0 saturated carbocycles. The second-order valence-corrected chi connectivity index (χ2v) is 5.19. The van der Waals surface area contributed by atoms with Crippen molar-refractivity contribution >= 4 is 17.3 Å². The number of carbonyl (C=O) groups is 1. The summed E-state index contributed by atoms with van der Waals surface area (Å²) in [5.41, 5.74) is 7.24. The van der Waals surface area contributed by atoms with Crippen LogP contribution in [0.5, 0.6) is 0 Å². The van der Waals surface area contributed by atoms with Crippen LogP contribution in [0.4, 0.5) is 11.4 Å². The summed E-state index contributed by atoms with van der Waals surface area (Å²) in [6.07, 6.45) is 0.653. The fourth-order valence-electron chi connectivity index (χ4n) is 1.69. The number of rotatable bonds is 5. The van der Waals surface area contributed by atoms with Crippen molar-refractivity contribution in [2.45, 2.75) is 25.8 Å². The van der Waals surface area contributed by atoms with Crippen molar-refractivity contribution in [3.8, 4) is 0 Å². The minimum absolute atomic E-state index is 0.0967. The number of carbonyl (C=O) groups excluding carboxylic acids is 1. The second kappa shape index (κ2) is 5.93. The van der Waals surface area contributed by atoms with Gasteiger partial charge in [0.25, 0.3) is 5.91 Å². The molecule has 0 spiro atoms. The van der Waals surface area contributed by atoms with E-state index in [1.54, 1.807) is 12.1 Å². The zero-order valence-corrected chi connectivity index (χ0v) is 12.0. The smallest absolute Gasteiger partial charge is 0.251 e. The van der Waals surface area contributed by atoms with Gasteiger partial charge in [0.15, 0.2) is 0 Å². The summed E-state index contributed by atoms with van der Waals surface area (Å²) in [5, 5.41) is 12.1. The Kier molecular flexibility index (Phi) is 4.78. The Hall–Kier alpha value is -1.75. The number of nitrogens with two attached hydrogens (primary N) is 1. The third-order valence-electron chi connectivity index (χ3n) is 3.32. The summed E-state index contributed by atoms with van der Waals surface area (Å²) in [6, 6.07) is 5.19. The highest BCUT2D eigenvalue weighted by molar-refractivity contribution is 5.96. The van der Waals surface area contributed by atoms with Crippen LogP contribution in [-0.2, 0) is 0 Å². The molecular weight excluding hydrogens is 242 g/mol. The predicted octanol–water partition coefficient (Wildman–Crippen LogP) is 1.23. The molecule has 0 saturated heterocycles. The molecule has 1 amide bonds. The monoisotopic (exact) mass is 265 g/mol. The molecule has 1 aromatic carbocycles. The third kappa shape index (κ3) is 3.61. The highest BCUT2D eigenvalue weighted by atomic mass is 16.3. The molecule has 0 aliphatic carbocycles. The molecule has 1 atom stereocenters. The highest BCUT2D eigenvalue weighted by Gasteiger charge is 2.24. The van der Waals surface area contributed by atoms with E-state index in [1.807, 2.05) is 38.9 Å². The average Bonchev–Trinajstić information content (AvgIpc) is 2.37. The molecule has 4 N–H and O–H groups in total. The van der Waals surface area contributed by atoms with Gasteiger partial charge in [0.1, 0.15) is 0 Å². The molecule has 0 bridgehead atoms. The Balaban J connectivity index is 2.93. The Morgan fingerprint density at radius 3 is 2.53 bits per heavy atom. The van der Waals surface area contributed by atoms with Gasteiger partial charge in [-0.1, -0.05) is 6.92 Å². The topological polar surface area (TPSA) is 78.6 Å². The van der Waals surface area contributed by atoms with Gasteiger partial charge in [0.05, 0.1) is 23.5 Å². The molecule has 0 heterocycles. The van der Waals surface area contributed by atoms with E-state index in [0.29, 0.717) is 17.7 Å². The van der Waals surface area contributed by atoms with Gasteiger partial charge in [-0.05, 0) is 31.5 Å². The first-order chi connectivity index (χ1) is 8.83. The fraction of sp³-hybridized carbons (Fsp3) is 0.500. The van der Waals surface area contributed by atoms with Gasteiger partial charge < -0.3 is 21.1 Å². The molecule has 1 unspecified atom stereocenters. The predicted molar refractivity (Wildman–Crippen MR) is 78.4 cm³/mol. The molecule has 106 valence electrons. The van der Waals surface area contributed by atoms with Crippen LogP contribution in [0, 0.1) is 0 Å². The van der Waals surface area contributed by atoms with E-state index < -0.39 is 5.54 Å². The average molecular weight is 265 g/mol. The Labute approximate surface area is 114 Å². The molecule has 0 fully saturated rings. The number of nitrogens with zero attached hydrogens (tertiary/aromatic N) is 1. The maximum Gasteiger partial charge on any atom is 0.251 e. The molecule has 19 heavy (non-hydrogen) atoms. The van der Waals surface area contributed by atoms with E-state index in [1.165, 1.54) is 0 Å². The SMILES string of the molecule is CCC(C)(CO)NC(=O)c1ccc(N(C)C)c(N)c1. The number of nitrogen functional groups attached to an aromatic ring is 1. The zero-order valence-electron chi connectivity index (χ0n) is 12.0. The van der Waals surface area contributed by atoms with Gasteiger partial charge in [-0.3, -0.25) is 4.79 Å². The van der Waals surface area contributed by atoms with E-state index >= 15 is 0 Å². The summed E-state index contributed by atoms with van der Waals surface area (Å²) in [4.78, 5) is 14.0. The van der Waals surface area contributed by atoms with Crippen LogP contribution in [0.15, 0.2) is 18.2 Å². The number of hydrogen-bond acceptors (Lipinski definition) is 4. The molecule has 1 aromatic rings.